The molecule has 36 heavy (non-hydrogen) atoms. The number of esters is 2. The van der Waals surface area contributed by atoms with Crippen molar-refractivity contribution in [3.05, 3.63) is 21.8 Å². The number of ether oxygens (including phenoxy) is 4. The van der Waals surface area contributed by atoms with Gasteiger partial charge in [0.1, 0.15) is 6.61 Å². The highest BCUT2D eigenvalue weighted by Gasteiger charge is 2.34. The van der Waals surface area contributed by atoms with Crippen molar-refractivity contribution in [2.75, 3.05) is 18.5 Å². The lowest BCUT2D eigenvalue weighted by atomic mass is 10.0. The molecule has 1 saturated heterocycles. The normalized spacial score (nSPS) is 17.3. The Hall–Kier alpha value is -0.630. The molecule has 0 aromatic heterocycles. The highest BCUT2D eigenvalue weighted by Crippen LogP contribution is 2.37. The van der Waals surface area contributed by atoms with Gasteiger partial charge in [-0.25, -0.2) is 0 Å². The fraction of sp³-hybridized carbons (Fsp3) is 0.500. The number of carbonyl (C=O) groups is 5. The Balaban J connectivity index is 2.40. The maximum Gasteiger partial charge on any atom is 0.303 e. The van der Waals surface area contributed by atoms with Gasteiger partial charge in [-0.2, -0.15) is 0 Å². The molecule has 0 saturated carbocycles. The van der Waals surface area contributed by atoms with Gasteiger partial charge >= 0.3 is 11.9 Å². The van der Waals surface area contributed by atoms with Gasteiger partial charge in [-0.15, -0.1) is 0 Å². The van der Waals surface area contributed by atoms with E-state index in [1.165, 1.54) is 0 Å². The number of rotatable bonds is 10. The van der Waals surface area contributed by atoms with Crippen LogP contribution in [0.5, 0.6) is 0 Å². The number of hydrogen-bond donors (Lipinski definition) is 1. The van der Waals surface area contributed by atoms with E-state index in [9.17, 15) is 24.0 Å². The zero-order valence-electron chi connectivity index (χ0n) is 19.7. The largest absolute Gasteiger partial charge is 0.461 e. The molecule has 14 heteroatoms. The van der Waals surface area contributed by atoms with Crippen LogP contribution in [0.3, 0.4) is 0 Å². The van der Waals surface area contributed by atoms with Crippen LogP contribution >= 0.6 is 79.4 Å². The van der Waals surface area contributed by atoms with Crippen LogP contribution in [-0.2, 0) is 33.3 Å². The molecule has 198 valence electrons. The smallest absolute Gasteiger partial charge is 0.303 e. The van der Waals surface area contributed by atoms with Gasteiger partial charge in [0.2, 0.25) is 6.10 Å². The second kappa shape index (κ2) is 13.4. The zero-order valence-corrected chi connectivity index (χ0v) is 26.9. The standard InChI is InChI=1S/C22H23ClI3NO9/c1-9(28)33-8-13(35-10(2)29)21(32)27-19-17(25)14(16(24)15(18(19)26)20(23)31)12(30)6-5-11-7-34-22(3,4)36-11/h11,13H,5-8H2,1-4H3,(H,27,32). The SMILES string of the molecule is CC(=O)OCC(OC(C)=O)C(=O)Nc1c(I)c(C(=O)Cl)c(I)c(C(=O)CCC2COC(C)(C)O2)c1I. The van der Waals surface area contributed by atoms with Crippen LogP contribution in [0.2, 0.25) is 0 Å². The monoisotopic (exact) mass is 861 g/mol. The predicted molar refractivity (Wildman–Crippen MR) is 154 cm³/mol. The first kappa shape index (κ1) is 31.6. The number of hydrogen-bond acceptors (Lipinski definition) is 9. The lowest BCUT2D eigenvalue weighted by Gasteiger charge is -2.21. The molecular weight excluding hydrogens is 838 g/mol. The van der Waals surface area contributed by atoms with Crippen LogP contribution in [0, 0.1) is 10.7 Å². The van der Waals surface area contributed by atoms with Crippen molar-refractivity contribution >= 4 is 114 Å². The highest BCUT2D eigenvalue weighted by molar-refractivity contribution is 14.1. The molecule has 0 bridgehead atoms. The molecule has 1 heterocycles. The molecule has 2 atom stereocenters. The Morgan fingerprint density at radius 2 is 1.67 bits per heavy atom. The topological polar surface area (TPSA) is 134 Å². The number of nitrogens with one attached hydrogen (secondary N) is 1. The summed E-state index contributed by atoms with van der Waals surface area (Å²) in [5.74, 6) is -3.24. The molecule has 0 spiro atoms. The van der Waals surface area contributed by atoms with Crippen LogP contribution in [0.1, 0.15) is 61.3 Å². The van der Waals surface area contributed by atoms with Crippen molar-refractivity contribution < 1.29 is 42.9 Å². The fourth-order valence-electron chi connectivity index (χ4n) is 3.27. The van der Waals surface area contributed by atoms with Crippen molar-refractivity contribution in [1.29, 1.82) is 0 Å². The third-order valence-corrected chi connectivity index (χ3v) is 8.27. The molecule has 1 aliphatic rings. The lowest BCUT2D eigenvalue weighted by Crippen LogP contribution is -2.37. The van der Waals surface area contributed by atoms with E-state index in [0.29, 0.717) is 23.7 Å². The van der Waals surface area contributed by atoms with Crippen LogP contribution in [0.15, 0.2) is 0 Å². The average molecular weight is 862 g/mol. The maximum atomic E-state index is 13.3. The molecule has 1 aromatic rings. The summed E-state index contributed by atoms with van der Waals surface area (Å²) in [6.07, 6.45) is -1.22. The molecular formula is C22H23ClI3NO9. The molecule has 0 aliphatic carbocycles. The van der Waals surface area contributed by atoms with E-state index < -0.39 is 41.6 Å². The third kappa shape index (κ3) is 8.44. The molecule has 1 fully saturated rings. The minimum absolute atomic E-state index is 0.0579. The quantitative estimate of drug-likeness (QED) is 0.157. The number of anilines is 1. The Morgan fingerprint density at radius 1 is 1.06 bits per heavy atom. The van der Waals surface area contributed by atoms with Crippen molar-refractivity contribution in [1.82, 2.24) is 0 Å². The summed E-state index contributed by atoms with van der Waals surface area (Å²) in [4.78, 5) is 61.2. The molecule has 1 amide bonds. The number of amides is 1. The van der Waals surface area contributed by atoms with Gasteiger partial charge in [0.15, 0.2) is 11.6 Å². The molecule has 2 unspecified atom stereocenters. The van der Waals surface area contributed by atoms with Crippen LogP contribution in [0.4, 0.5) is 5.69 Å². The molecule has 1 aliphatic heterocycles. The number of benzene rings is 1. The second-order valence-corrected chi connectivity index (χ2v) is 11.7. The fourth-order valence-corrected chi connectivity index (χ4v) is 8.31. The van der Waals surface area contributed by atoms with E-state index in [4.69, 9.17) is 30.5 Å². The minimum Gasteiger partial charge on any atom is -0.461 e. The van der Waals surface area contributed by atoms with Crippen LogP contribution in [-0.4, -0.2) is 60.1 Å². The molecule has 0 radical (unpaired) electrons. The van der Waals surface area contributed by atoms with Gasteiger partial charge < -0.3 is 24.3 Å². The number of ketones is 1. The molecule has 1 N–H and O–H groups in total. The third-order valence-electron chi connectivity index (χ3n) is 4.84. The first-order valence-corrected chi connectivity index (χ1v) is 14.1. The van der Waals surface area contributed by atoms with E-state index >= 15 is 0 Å². The van der Waals surface area contributed by atoms with E-state index in [2.05, 4.69) is 5.32 Å². The van der Waals surface area contributed by atoms with Crippen molar-refractivity contribution in [3.63, 3.8) is 0 Å². The summed E-state index contributed by atoms with van der Waals surface area (Å²) in [5, 5.41) is 1.79. The van der Waals surface area contributed by atoms with Crippen LogP contribution in [0.25, 0.3) is 0 Å². The van der Waals surface area contributed by atoms with E-state index in [1.807, 2.05) is 67.8 Å². The summed E-state index contributed by atoms with van der Waals surface area (Å²) < 4.78 is 22.1. The lowest BCUT2D eigenvalue weighted by molar-refractivity contribution is -0.160. The Morgan fingerprint density at radius 3 is 2.17 bits per heavy atom. The van der Waals surface area contributed by atoms with Crippen molar-refractivity contribution in [2.45, 2.75) is 58.5 Å². The first-order chi connectivity index (χ1) is 16.6. The van der Waals surface area contributed by atoms with Gasteiger partial charge in [0.25, 0.3) is 11.1 Å². The predicted octanol–water partition coefficient (Wildman–Crippen LogP) is 4.43. The summed E-state index contributed by atoms with van der Waals surface area (Å²) >= 11 is 11.5. The second-order valence-electron chi connectivity index (χ2n) is 8.14. The summed E-state index contributed by atoms with van der Waals surface area (Å²) in [5.41, 5.74) is 0.427. The Bertz CT molecular complexity index is 1090. The first-order valence-electron chi connectivity index (χ1n) is 10.5. The van der Waals surface area contributed by atoms with Crippen molar-refractivity contribution in [3.8, 4) is 0 Å². The molecule has 2 rings (SSSR count). The zero-order chi connectivity index (χ0) is 27.4. The number of Topliss-reactive ketones (excluding diaryl/α,β-unsaturated/α-hetero) is 1. The number of halogens is 4. The van der Waals surface area contributed by atoms with E-state index in [0.717, 1.165) is 13.8 Å². The Labute approximate surface area is 253 Å². The maximum absolute atomic E-state index is 13.3. The molecule has 1 aromatic carbocycles. The van der Waals surface area contributed by atoms with Gasteiger partial charge in [-0.3, -0.25) is 24.0 Å². The number of carbonyl (C=O) groups excluding carboxylic acids is 5. The Kier molecular flexibility index (Phi) is 11.8. The summed E-state index contributed by atoms with van der Waals surface area (Å²) in [6, 6.07) is 0. The minimum atomic E-state index is -1.45. The van der Waals surface area contributed by atoms with Gasteiger partial charge in [-0.1, -0.05) is 0 Å². The highest BCUT2D eigenvalue weighted by atomic mass is 127. The summed E-state index contributed by atoms with van der Waals surface area (Å²) in [7, 11) is 0. The van der Waals surface area contributed by atoms with Gasteiger partial charge in [0, 0.05) is 33.0 Å². The van der Waals surface area contributed by atoms with E-state index in [1.54, 1.807) is 13.8 Å². The van der Waals surface area contributed by atoms with Crippen LogP contribution < -0.4 is 5.32 Å². The van der Waals surface area contributed by atoms with Crippen molar-refractivity contribution in [2.24, 2.45) is 0 Å². The van der Waals surface area contributed by atoms with E-state index in [-0.39, 0.29) is 35.1 Å². The van der Waals surface area contributed by atoms with Gasteiger partial charge in [0.05, 0.1) is 27.5 Å². The molecule has 10 nitrogen and oxygen atoms in total. The van der Waals surface area contributed by atoms with Gasteiger partial charge in [-0.05, 0) is 99.6 Å². The average Bonchev–Trinajstić information content (AvgIpc) is 3.10. The summed E-state index contributed by atoms with van der Waals surface area (Å²) in [6.45, 7) is 5.68.